The van der Waals surface area contributed by atoms with Crippen LogP contribution in [0.1, 0.15) is 5.56 Å². The van der Waals surface area contributed by atoms with Gasteiger partial charge in [-0.2, -0.15) is 0 Å². The molecule has 0 aliphatic carbocycles. The maximum Gasteiger partial charge on any atom is 0.323 e. The molecule has 0 amide bonds. The van der Waals surface area contributed by atoms with Gasteiger partial charge in [-0.15, -0.1) is 0 Å². The van der Waals surface area contributed by atoms with Gasteiger partial charge in [0.05, 0.1) is 11.4 Å². The third-order valence-electron chi connectivity index (χ3n) is 3.01. The van der Waals surface area contributed by atoms with E-state index in [0.717, 1.165) is 0 Å². The van der Waals surface area contributed by atoms with E-state index in [1.165, 1.54) is 0 Å². The molecule has 0 fully saturated rings. The fraction of sp³-hybridized carbons (Fsp3) is 0.133. The van der Waals surface area contributed by atoms with E-state index >= 15 is 0 Å². The molecule has 0 unspecified atom stereocenters. The first-order valence-corrected chi connectivity index (χ1v) is 6.98. The molecule has 0 spiro atoms. The van der Waals surface area contributed by atoms with Crippen LogP contribution in [0.4, 0.5) is 11.4 Å². The van der Waals surface area contributed by atoms with Gasteiger partial charge in [0.2, 0.25) is 0 Å². The van der Waals surface area contributed by atoms with Gasteiger partial charge >= 0.3 is 5.97 Å². The maximum atomic E-state index is 11.1. The van der Waals surface area contributed by atoms with Crippen LogP contribution < -0.4 is 10.6 Å². The summed E-state index contributed by atoms with van der Waals surface area (Å²) in [5, 5.41) is 10.1. The van der Waals surface area contributed by atoms with Gasteiger partial charge in [-0.1, -0.05) is 41.4 Å². The summed E-state index contributed by atoms with van der Waals surface area (Å²) in [5.74, 6) is -0.957. The molecule has 0 bridgehead atoms. The molecular weight excluding hydrogens is 311 g/mol. The number of nitrogen functional groups attached to an aromatic ring is 1. The van der Waals surface area contributed by atoms with Crippen molar-refractivity contribution < 1.29 is 9.90 Å². The molecule has 0 atom stereocenters. The lowest BCUT2D eigenvalue weighted by atomic mass is 10.1. The van der Waals surface area contributed by atoms with Crippen LogP contribution in [-0.2, 0) is 11.3 Å². The second kappa shape index (κ2) is 6.70. The Balaban J connectivity index is 2.38. The lowest BCUT2D eigenvalue weighted by molar-refractivity contribution is -0.135. The molecule has 0 radical (unpaired) electrons. The molecule has 4 nitrogen and oxygen atoms in total. The second-order valence-corrected chi connectivity index (χ2v) is 5.32. The Hall–Kier alpha value is -1.91. The van der Waals surface area contributed by atoms with E-state index in [9.17, 15) is 4.79 Å². The maximum absolute atomic E-state index is 11.1. The van der Waals surface area contributed by atoms with E-state index in [4.69, 9.17) is 34.0 Å². The zero-order valence-electron chi connectivity index (χ0n) is 11.1. The highest BCUT2D eigenvalue weighted by molar-refractivity contribution is 6.36. The van der Waals surface area contributed by atoms with E-state index in [2.05, 4.69) is 0 Å². The molecule has 6 heteroatoms. The van der Waals surface area contributed by atoms with Crippen LogP contribution in [0.5, 0.6) is 0 Å². The van der Waals surface area contributed by atoms with E-state index < -0.39 is 5.97 Å². The summed E-state index contributed by atoms with van der Waals surface area (Å²) in [6.45, 7) is 0.0643. The highest BCUT2D eigenvalue weighted by atomic mass is 35.5. The Kier molecular flexibility index (Phi) is 4.94. The number of hydrogen-bond donors (Lipinski definition) is 2. The monoisotopic (exact) mass is 324 g/mol. The average molecular weight is 325 g/mol. The third kappa shape index (κ3) is 3.80. The number of benzene rings is 2. The number of nitrogens with zero attached hydrogens (tertiary/aromatic N) is 1. The van der Waals surface area contributed by atoms with Crippen molar-refractivity contribution >= 4 is 40.5 Å². The van der Waals surface area contributed by atoms with Gasteiger partial charge in [0.25, 0.3) is 0 Å². The standard InChI is InChI=1S/C15H14Cl2N2O2/c16-11-4-3-5-12(17)10(11)8-19(9-15(20)21)14-7-2-1-6-13(14)18/h1-7H,8-9,18H2,(H,20,21). The van der Waals surface area contributed by atoms with Crippen molar-refractivity contribution in [3.8, 4) is 0 Å². The molecule has 0 aromatic heterocycles. The predicted molar refractivity (Wildman–Crippen MR) is 86.0 cm³/mol. The van der Waals surface area contributed by atoms with Crippen LogP contribution in [0.15, 0.2) is 42.5 Å². The summed E-state index contributed by atoms with van der Waals surface area (Å²) in [6, 6.07) is 12.3. The smallest absolute Gasteiger partial charge is 0.323 e. The molecule has 2 aromatic rings. The normalized spacial score (nSPS) is 10.4. The SMILES string of the molecule is Nc1ccccc1N(CC(=O)O)Cc1c(Cl)cccc1Cl. The fourth-order valence-corrected chi connectivity index (χ4v) is 2.56. The van der Waals surface area contributed by atoms with Crippen LogP contribution in [0.25, 0.3) is 0 Å². The van der Waals surface area contributed by atoms with Crippen molar-refractivity contribution in [1.82, 2.24) is 0 Å². The molecular formula is C15H14Cl2N2O2. The Morgan fingerprint density at radius 2 is 1.71 bits per heavy atom. The van der Waals surface area contributed by atoms with Crippen molar-refractivity contribution in [2.24, 2.45) is 0 Å². The van der Waals surface area contributed by atoms with Gasteiger partial charge in [0.15, 0.2) is 0 Å². The molecule has 3 N–H and O–H groups in total. The summed E-state index contributed by atoms with van der Waals surface area (Å²) in [6.07, 6.45) is 0. The van der Waals surface area contributed by atoms with Crippen molar-refractivity contribution in [2.45, 2.75) is 6.54 Å². The topological polar surface area (TPSA) is 66.6 Å². The quantitative estimate of drug-likeness (QED) is 0.823. The first kappa shape index (κ1) is 15.5. The summed E-state index contributed by atoms with van der Waals surface area (Å²) in [5.41, 5.74) is 7.73. The minimum atomic E-state index is -0.957. The van der Waals surface area contributed by atoms with E-state index in [1.54, 1.807) is 47.4 Å². The highest BCUT2D eigenvalue weighted by Crippen LogP contribution is 2.29. The number of carbonyl (C=O) groups is 1. The fourth-order valence-electron chi connectivity index (χ4n) is 2.04. The molecule has 0 aliphatic rings. The zero-order valence-corrected chi connectivity index (χ0v) is 12.6. The van der Waals surface area contributed by atoms with Gasteiger partial charge in [-0.25, -0.2) is 0 Å². The number of rotatable bonds is 5. The number of aliphatic carboxylic acids is 1. The number of hydrogen-bond acceptors (Lipinski definition) is 3. The van der Waals surface area contributed by atoms with Crippen molar-refractivity contribution in [1.29, 1.82) is 0 Å². The van der Waals surface area contributed by atoms with Gasteiger partial charge in [-0.05, 0) is 24.3 Å². The highest BCUT2D eigenvalue weighted by Gasteiger charge is 2.16. The van der Waals surface area contributed by atoms with E-state index in [0.29, 0.717) is 27.0 Å². The molecule has 2 aromatic carbocycles. The van der Waals surface area contributed by atoms with E-state index in [-0.39, 0.29) is 13.1 Å². The molecule has 21 heavy (non-hydrogen) atoms. The van der Waals surface area contributed by atoms with Gasteiger partial charge < -0.3 is 15.7 Å². The first-order chi connectivity index (χ1) is 9.99. The number of carboxylic acids is 1. The van der Waals surface area contributed by atoms with Gasteiger partial charge in [0.1, 0.15) is 6.54 Å². The van der Waals surface area contributed by atoms with Crippen molar-refractivity contribution in [3.05, 3.63) is 58.1 Å². The lowest BCUT2D eigenvalue weighted by Gasteiger charge is -2.25. The molecule has 0 saturated carbocycles. The summed E-state index contributed by atoms with van der Waals surface area (Å²) < 4.78 is 0. The van der Waals surface area contributed by atoms with Crippen LogP contribution in [-0.4, -0.2) is 17.6 Å². The molecule has 110 valence electrons. The Morgan fingerprint density at radius 3 is 2.29 bits per heavy atom. The largest absolute Gasteiger partial charge is 0.480 e. The second-order valence-electron chi connectivity index (χ2n) is 4.51. The zero-order chi connectivity index (χ0) is 15.4. The molecule has 0 saturated heterocycles. The van der Waals surface area contributed by atoms with Gasteiger partial charge in [-0.3, -0.25) is 4.79 Å². The Morgan fingerprint density at radius 1 is 1.10 bits per heavy atom. The number of nitrogens with two attached hydrogens (primary N) is 1. The van der Waals surface area contributed by atoms with Crippen LogP contribution in [0.3, 0.4) is 0 Å². The summed E-state index contributed by atoms with van der Waals surface area (Å²) in [4.78, 5) is 12.7. The number of halogens is 2. The molecule has 0 aliphatic heterocycles. The van der Waals surface area contributed by atoms with E-state index in [1.807, 2.05) is 0 Å². The van der Waals surface area contributed by atoms with Crippen LogP contribution >= 0.6 is 23.2 Å². The van der Waals surface area contributed by atoms with Crippen molar-refractivity contribution in [3.63, 3.8) is 0 Å². The summed E-state index contributed by atoms with van der Waals surface area (Å²) in [7, 11) is 0. The number of carboxylic acid groups (broad SMARTS) is 1. The number of para-hydroxylation sites is 2. The first-order valence-electron chi connectivity index (χ1n) is 6.23. The summed E-state index contributed by atoms with van der Waals surface area (Å²) >= 11 is 12.3. The Labute approximate surface area is 132 Å². The molecule has 2 rings (SSSR count). The minimum absolute atomic E-state index is 0.199. The predicted octanol–water partition coefficient (Wildman–Crippen LogP) is 3.67. The van der Waals surface area contributed by atoms with Crippen LogP contribution in [0, 0.1) is 0 Å². The lowest BCUT2D eigenvalue weighted by Crippen LogP contribution is -2.30. The average Bonchev–Trinajstić information content (AvgIpc) is 2.42. The number of anilines is 2. The van der Waals surface area contributed by atoms with Crippen molar-refractivity contribution in [2.75, 3.05) is 17.2 Å². The third-order valence-corrected chi connectivity index (χ3v) is 3.72. The van der Waals surface area contributed by atoms with Crippen LogP contribution in [0.2, 0.25) is 10.0 Å². The Bertz CT molecular complexity index is 642. The van der Waals surface area contributed by atoms with Gasteiger partial charge in [0, 0.05) is 22.2 Å². The minimum Gasteiger partial charge on any atom is -0.480 e. The molecule has 0 heterocycles.